The Kier molecular flexibility index (Phi) is 3.66. The lowest BCUT2D eigenvalue weighted by atomic mass is 10.1. The zero-order valence-corrected chi connectivity index (χ0v) is 13.8. The molecule has 1 aliphatic heterocycles. The highest BCUT2D eigenvalue weighted by atomic mass is 16.1. The Morgan fingerprint density at radius 1 is 1.21 bits per heavy atom. The van der Waals surface area contributed by atoms with E-state index >= 15 is 0 Å². The van der Waals surface area contributed by atoms with E-state index in [1.165, 1.54) is 10.1 Å². The topological polar surface area (TPSA) is 90.2 Å². The summed E-state index contributed by atoms with van der Waals surface area (Å²) in [5.74, 6) is 1.68. The van der Waals surface area contributed by atoms with Crippen LogP contribution in [-0.2, 0) is 6.42 Å². The molecule has 0 amide bonds. The van der Waals surface area contributed by atoms with E-state index in [-0.39, 0.29) is 11.5 Å². The van der Waals surface area contributed by atoms with Crippen LogP contribution in [0.15, 0.2) is 41.3 Å². The van der Waals surface area contributed by atoms with Crippen LogP contribution in [0.4, 0.5) is 5.82 Å². The molecule has 1 unspecified atom stereocenters. The molecule has 6 heteroatoms. The Labute approximate surface area is 141 Å². The SMILES string of the molecule is CC(Cc1ccc(-n2ccc(N)nc2=O)cc1)N1C[C@@H]2[C@@H](N)[C@@H]2C1. The Bertz CT molecular complexity index is 788. The first kappa shape index (κ1) is 15.4. The Hall–Kier alpha value is -2.18. The smallest absolute Gasteiger partial charge is 0.354 e. The maximum absolute atomic E-state index is 11.9. The highest BCUT2D eigenvalue weighted by Gasteiger charge is 2.54. The zero-order chi connectivity index (χ0) is 16.8. The molecular weight excluding hydrogens is 302 g/mol. The molecule has 2 fully saturated rings. The van der Waals surface area contributed by atoms with Gasteiger partial charge < -0.3 is 11.5 Å². The van der Waals surface area contributed by atoms with E-state index in [4.69, 9.17) is 11.5 Å². The van der Waals surface area contributed by atoms with Crippen LogP contribution in [0, 0.1) is 11.8 Å². The van der Waals surface area contributed by atoms with Crippen molar-refractivity contribution in [3.05, 3.63) is 52.6 Å². The van der Waals surface area contributed by atoms with Gasteiger partial charge in [0, 0.05) is 31.4 Å². The largest absolute Gasteiger partial charge is 0.383 e. The standard InChI is InChI=1S/C18H23N5O/c1-11(22-9-14-15(10-22)17(14)20)8-12-2-4-13(5-3-12)23-7-6-16(19)21-18(23)24/h2-7,11,14-15,17H,8-10,20H2,1H3,(H2,19,21,24)/t11?,14-,15+,17+. The molecule has 0 radical (unpaired) electrons. The molecule has 1 aromatic carbocycles. The van der Waals surface area contributed by atoms with Crippen LogP contribution in [0.2, 0.25) is 0 Å². The molecule has 2 heterocycles. The fourth-order valence-corrected chi connectivity index (χ4v) is 3.84. The maximum Gasteiger partial charge on any atom is 0.354 e. The molecule has 6 nitrogen and oxygen atoms in total. The number of fused-ring (bicyclic) bond motifs is 1. The molecule has 0 bridgehead atoms. The summed E-state index contributed by atoms with van der Waals surface area (Å²) in [7, 11) is 0. The van der Waals surface area contributed by atoms with Gasteiger partial charge in [0.05, 0.1) is 5.69 Å². The molecule has 0 spiro atoms. The lowest BCUT2D eigenvalue weighted by Gasteiger charge is -2.26. The third-order valence-corrected chi connectivity index (χ3v) is 5.48. The summed E-state index contributed by atoms with van der Waals surface area (Å²) in [6.07, 6.45) is 2.66. The van der Waals surface area contributed by atoms with Gasteiger partial charge in [-0.15, -0.1) is 0 Å². The van der Waals surface area contributed by atoms with Crippen molar-refractivity contribution in [2.75, 3.05) is 18.8 Å². The van der Waals surface area contributed by atoms with Gasteiger partial charge in [0.25, 0.3) is 0 Å². The molecule has 1 saturated carbocycles. The first-order chi connectivity index (χ1) is 11.5. The Morgan fingerprint density at radius 3 is 2.50 bits per heavy atom. The summed E-state index contributed by atoms with van der Waals surface area (Å²) in [6, 6.07) is 10.7. The molecule has 4 atom stereocenters. The predicted molar refractivity (Wildman–Crippen MR) is 93.9 cm³/mol. The number of likely N-dealkylation sites (tertiary alicyclic amines) is 1. The predicted octanol–water partition coefficient (Wildman–Crippen LogP) is 0.635. The minimum atomic E-state index is -0.358. The maximum atomic E-state index is 11.9. The third kappa shape index (κ3) is 2.72. The number of hydrogen-bond donors (Lipinski definition) is 2. The van der Waals surface area contributed by atoms with Crippen molar-refractivity contribution >= 4 is 5.82 Å². The first-order valence-corrected chi connectivity index (χ1v) is 8.47. The number of nitrogen functional groups attached to an aromatic ring is 1. The zero-order valence-electron chi connectivity index (χ0n) is 13.8. The van der Waals surface area contributed by atoms with Gasteiger partial charge in [-0.25, -0.2) is 4.79 Å². The van der Waals surface area contributed by atoms with Gasteiger partial charge >= 0.3 is 5.69 Å². The second kappa shape index (κ2) is 5.72. The number of hydrogen-bond acceptors (Lipinski definition) is 5. The van der Waals surface area contributed by atoms with Gasteiger partial charge in [0.1, 0.15) is 5.82 Å². The molecule has 1 aromatic heterocycles. The highest BCUT2D eigenvalue weighted by molar-refractivity contribution is 5.36. The number of anilines is 1. The summed E-state index contributed by atoms with van der Waals surface area (Å²) in [5, 5.41) is 0. The highest BCUT2D eigenvalue weighted by Crippen LogP contribution is 2.44. The molecule has 24 heavy (non-hydrogen) atoms. The van der Waals surface area contributed by atoms with Gasteiger partial charge in [-0.05, 0) is 48.9 Å². The minimum absolute atomic E-state index is 0.241. The van der Waals surface area contributed by atoms with Crippen LogP contribution in [0.5, 0.6) is 0 Å². The van der Waals surface area contributed by atoms with Gasteiger partial charge in [0.15, 0.2) is 0 Å². The number of piperidine rings is 1. The Morgan fingerprint density at radius 2 is 1.88 bits per heavy atom. The first-order valence-electron chi connectivity index (χ1n) is 8.47. The number of nitrogens with two attached hydrogens (primary N) is 2. The number of benzene rings is 1. The molecule has 4 N–H and O–H groups in total. The summed E-state index contributed by atoms with van der Waals surface area (Å²) in [4.78, 5) is 18.2. The van der Waals surface area contributed by atoms with Crippen molar-refractivity contribution < 1.29 is 0 Å². The second-order valence-corrected chi connectivity index (χ2v) is 7.08. The Balaban J connectivity index is 1.43. The van der Waals surface area contributed by atoms with Crippen molar-refractivity contribution in [1.82, 2.24) is 14.5 Å². The average Bonchev–Trinajstić information content (AvgIpc) is 2.97. The molecule has 2 aromatic rings. The average molecular weight is 325 g/mol. The van der Waals surface area contributed by atoms with Crippen molar-refractivity contribution in [3.63, 3.8) is 0 Å². The second-order valence-electron chi connectivity index (χ2n) is 7.08. The molecule has 126 valence electrons. The summed E-state index contributed by atoms with van der Waals surface area (Å²) in [6.45, 7) is 4.55. The van der Waals surface area contributed by atoms with Crippen molar-refractivity contribution in [2.45, 2.75) is 25.4 Å². The van der Waals surface area contributed by atoms with Gasteiger partial charge in [-0.2, -0.15) is 4.98 Å². The lowest BCUT2D eigenvalue weighted by Crippen LogP contribution is -2.36. The van der Waals surface area contributed by atoms with E-state index in [2.05, 4.69) is 28.9 Å². The number of aromatic nitrogens is 2. The lowest BCUT2D eigenvalue weighted by molar-refractivity contribution is 0.227. The minimum Gasteiger partial charge on any atom is -0.383 e. The third-order valence-electron chi connectivity index (χ3n) is 5.48. The molecular formula is C18H23N5O. The van der Waals surface area contributed by atoms with Gasteiger partial charge in [0.2, 0.25) is 0 Å². The van der Waals surface area contributed by atoms with E-state index < -0.39 is 0 Å². The van der Waals surface area contributed by atoms with Crippen LogP contribution < -0.4 is 17.2 Å². The summed E-state index contributed by atoms with van der Waals surface area (Å²) in [5.41, 5.74) is 13.3. The van der Waals surface area contributed by atoms with Crippen molar-refractivity contribution in [1.29, 1.82) is 0 Å². The van der Waals surface area contributed by atoms with Crippen LogP contribution in [0.1, 0.15) is 12.5 Å². The van der Waals surface area contributed by atoms with E-state index in [1.54, 1.807) is 12.3 Å². The quantitative estimate of drug-likeness (QED) is 0.861. The van der Waals surface area contributed by atoms with Crippen LogP contribution in [0.25, 0.3) is 5.69 Å². The summed E-state index contributed by atoms with van der Waals surface area (Å²) >= 11 is 0. The molecule has 1 aliphatic carbocycles. The number of nitrogens with zero attached hydrogens (tertiary/aromatic N) is 3. The van der Waals surface area contributed by atoms with Crippen LogP contribution >= 0.6 is 0 Å². The molecule has 4 rings (SSSR count). The number of rotatable bonds is 4. The van der Waals surface area contributed by atoms with Crippen LogP contribution in [0.3, 0.4) is 0 Å². The van der Waals surface area contributed by atoms with Crippen molar-refractivity contribution in [2.24, 2.45) is 17.6 Å². The fourth-order valence-electron chi connectivity index (χ4n) is 3.84. The van der Waals surface area contributed by atoms with Gasteiger partial charge in [-0.3, -0.25) is 9.47 Å². The molecule has 1 saturated heterocycles. The fraction of sp³-hybridized carbons (Fsp3) is 0.444. The van der Waals surface area contributed by atoms with E-state index in [0.717, 1.165) is 37.0 Å². The van der Waals surface area contributed by atoms with Gasteiger partial charge in [-0.1, -0.05) is 12.1 Å². The van der Waals surface area contributed by atoms with Crippen LogP contribution in [-0.4, -0.2) is 39.6 Å². The molecule has 2 aliphatic rings. The van der Waals surface area contributed by atoms with E-state index in [9.17, 15) is 4.79 Å². The van der Waals surface area contributed by atoms with Crippen molar-refractivity contribution in [3.8, 4) is 5.69 Å². The monoisotopic (exact) mass is 325 g/mol. The van der Waals surface area contributed by atoms with E-state index in [0.29, 0.717) is 12.1 Å². The normalized spacial score (nSPS) is 27.0. The summed E-state index contributed by atoms with van der Waals surface area (Å²) < 4.78 is 1.50. The van der Waals surface area contributed by atoms with E-state index in [1.807, 2.05) is 12.1 Å².